The van der Waals surface area contributed by atoms with E-state index in [4.69, 9.17) is 5.11 Å². The third-order valence-corrected chi connectivity index (χ3v) is 3.95. The molecule has 1 fully saturated rings. The molecule has 0 bridgehead atoms. The molecule has 1 aliphatic rings. The molecule has 5 heteroatoms. The number of nitrogens with zero attached hydrogens (tertiary/aromatic N) is 3. The summed E-state index contributed by atoms with van der Waals surface area (Å²) in [6.45, 7) is 3.08. The Morgan fingerprint density at radius 1 is 1.50 bits per heavy atom. The first-order valence-corrected chi connectivity index (χ1v) is 6.20. The van der Waals surface area contributed by atoms with Gasteiger partial charge in [-0.1, -0.05) is 12.1 Å². The third kappa shape index (κ3) is 1.75. The number of aromatic nitrogens is 3. The van der Waals surface area contributed by atoms with Gasteiger partial charge >= 0.3 is 5.97 Å². The van der Waals surface area contributed by atoms with Crippen molar-refractivity contribution >= 4 is 17.0 Å². The maximum Gasteiger partial charge on any atom is 0.335 e. The Morgan fingerprint density at radius 3 is 2.89 bits per heavy atom. The number of hydrogen-bond donors (Lipinski definition) is 1. The molecule has 1 aliphatic carbocycles. The molecule has 0 radical (unpaired) electrons. The molecule has 2 aromatic rings. The van der Waals surface area contributed by atoms with Crippen molar-refractivity contribution < 1.29 is 9.90 Å². The zero-order valence-corrected chi connectivity index (χ0v) is 10.3. The number of hydrogen-bond acceptors (Lipinski definition) is 3. The van der Waals surface area contributed by atoms with Gasteiger partial charge in [-0.2, -0.15) is 0 Å². The zero-order chi connectivity index (χ0) is 12.8. The summed E-state index contributed by atoms with van der Waals surface area (Å²) < 4.78 is 1.90. The molecule has 0 spiro atoms. The number of carboxylic acid groups (broad SMARTS) is 1. The third-order valence-electron chi connectivity index (χ3n) is 3.95. The van der Waals surface area contributed by atoms with Gasteiger partial charge in [0.15, 0.2) is 0 Å². The molecule has 1 aromatic heterocycles. The maximum absolute atomic E-state index is 10.9. The van der Waals surface area contributed by atoms with E-state index in [9.17, 15) is 4.79 Å². The number of rotatable bonds is 4. The van der Waals surface area contributed by atoms with Gasteiger partial charge in [-0.15, -0.1) is 5.10 Å². The first-order valence-electron chi connectivity index (χ1n) is 6.20. The minimum atomic E-state index is -0.932. The Bertz CT molecular complexity index is 614. The summed E-state index contributed by atoms with van der Waals surface area (Å²) in [7, 11) is 0. The van der Waals surface area contributed by atoms with Crippen LogP contribution in [0.2, 0.25) is 0 Å². The van der Waals surface area contributed by atoms with Gasteiger partial charge in [0.2, 0.25) is 0 Å². The number of carboxylic acids is 1. The molecule has 94 valence electrons. The molecule has 5 nitrogen and oxygen atoms in total. The van der Waals surface area contributed by atoms with Crippen LogP contribution < -0.4 is 0 Å². The largest absolute Gasteiger partial charge is 0.478 e. The fourth-order valence-corrected chi connectivity index (χ4v) is 2.34. The van der Waals surface area contributed by atoms with E-state index in [1.54, 1.807) is 18.2 Å². The number of aromatic carboxylic acids is 1. The van der Waals surface area contributed by atoms with Crippen LogP contribution in [0.3, 0.4) is 0 Å². The molecule has 0 saturated heterocycles. The van der Waals surface area contributed by atoms with Crippen LogP contribution in [0.1, 0.15) is 36.5 Å². The predicted octanol–water partition coefficient (Wildman–Crippen LogP) is 2.32. The summed E-state index contributed by atoms with van der Waals surface area (Å²) in [5.41, 5.74) is 2.22. The fourth-order valence-electron chi connectivity index (χ4n) is 2.34. The topological polar surface area (TPSA) is 68.0 Å². The number of fused-ring (bicyclic) bond motifs is 1. The molecule has 1 N–H and O–H groups in total. The normalized spacial score (nSPS) is 16.9. The molecular weight excluding hydrogens is 230 g/mol. The smallest absolute Gasteiger partial charge is 0.335 e. The van der Waals surface area contributed by atoms with E-state index in [0.717, 1.165) is 18.5 Å². The minimum absolute atomic E-state index is 0.256. The van der Waals surface area contributed by atoms with Gasteiger partial charge in [-0.05, 0) is 42.9 Å². The summed E-state index contributed by atoms with van der Waals surface area (Å²) in [6.07, 6.45) is 3.65. The first-order chi connectivity index (χ1) is 8.63. The molecule has 0 aliphatic heterocycles. The van der Waals surface area contributed by atoms with Crippen LogP contribution in [-0.2, 0) is 6.54 Å². The highest BCUT2D eigenvalue weighted by Gasteiger charge is 2.41. The van der Waals surface area contributed by atoms with Crippen LogP contribution in [0.4, 0.5) is 0 Å². The lowest BCUT2D eigenvalue weighted by molar-refractivity contribution is 0.0697. The molecule has 0 amide bonds. The van der Waals surface area contributed by atoms with Crippen molar-refractivity contribution in [2.24, 2.45) is 5.41 Å². The van der Waals surface area contributed by atoms with E-state index >= 15 is 0 Å². The second-order valence-corrected chi connectivity index (χ2v) is 5.11. The van der Waals surface area contributed by atoms with Gasteiger partial charge in [-0.3, -0.25) is 0 Å². The quantitative estimate of drug-likeness (QED) is 0.897. The maximum atomic E-state index is 10.9. The van der Waals surface area contributed by atoms with E-state index in [-0.39, 0.29) is 5.56 Å². The average Bonchev–Trinajstić information content (AvgIpc) is 3.04. The van der Waals surface area contributed by atoms with Gasteiger partial charge in [0.1, 0.15) is 5.52 Å². The van der Waals surface area contributed by atoms with Gasteiger partial charge in [-0.25, -0.2) is 9.48 Å². The molecule has 1 aromatic carbocycles. The van der Waals surface area contributed by atoms with E-state index in [1.165, 1.54) is 12.8 Å². The highest BCUT2D eigenvalue weighted by atomic mass is 16.4. The SMILES string of the molecule is CCC1(Cn2nnc3cc(C(=O)O)ccc32)CC1. The zero-order valence-electron chi connectivity index (χ0n) is 10.3. The molecule has 18 heavy (non-hydrogen) atoms. The Balaban J connectivity index is 1.97. The minimum Gasteiger partial charge on any atom is -0.478 e. The van der Waals surface area contributed by atoms with E-state index < -0.39 is 5.97 Å². The summed E-state index contributed by atoms with van der Waals surface area (Å²) in [5, 5.41) is 17.1. The van der Waals surface area contributed by atoms with E-state index in [0.29, 0.717) is 10.9 Å². The summed E-state index contributed by atoms with van der Waals surface area (Å²) in [5.74, 6) is -0.932. The van der Waals surface area contributed by atoms with Crippen molar-refractivity contribution in [1.29, 1.82) is 0 Å². The molecular formula is C13H15N3O2. The van der Waals surface area contributed by atoms with Crippen LogP contribution in [0.25, 0.3) is 11.0 Å². The molecule has 1 saturated carbocycles. The molecule has 1 heterocycles. The highest BCUT2D eigenvalue weighted by Crippen LogP contribution is 2.50. The first kappa shape index (κ1) is 11.2. The Kier molecular flexibility index (Phi) is 2.36. The van der Waals surface area contributed by atoms with Crippen LogP contribution in [0.5, 0.6) is 0 Å². The summed E-state index contributed by atoms with van der Waals surface area (Å²) in [6, 6.07) is 4.98. The summed E-state index contributed by atoms with van der Waals surface area (Å²) >= 11 is 0. The highest BCUT2D eigenvalue weighted by molar-refractivity contribution is 5.92. The lowest BCUT2D eigenvalue weighted by Gasteiger charge is -2.11. The van der Waals surface area contributed by atoms with Crippen molar-refractivity contribution in [3.8, 4) is 0 Å². The lowest BCUT2D eigenvalue weighted by atomic mass is 10.0. The molecule has 3 rings (SSSR count). The number of benzene rings is 1. The lowest BCUT2D eigenvalue weighted by Crippen LogP contribution is -2.12. The van der Waals surface area contributed by atoms with Crippen molar-refractivity contribution in [3.63, 3.8) is 0 Å². The van der Waals surface area contributed by atoms with Gasteiger partial charge in [0.05, 0.1) is 11.1 Å². The van der Waals surface area contributed by atoms with E-state index in [1.807, 2.05) is 4.68 Å². The second-order valence-electron chi connectivity index (χ2n) is 5.11. The Labute approximate surface area is 104 Å². The van der Waals surface area contributed by atoms with Gasteiger partial charge in [0, 0.05) is 6.54 Å². The van der Waals surface area contributed by atoms with Crippen molar-refractivity contribution in [3.05, 3.63) is 23.8 Å². The molecule has 0 unspecified atom stereocenters. The predicted molar refractivity (Wildman–Crippen MR) is 66.4 cm³/mol. The summed E-state index contributed by atoms with van der Waals surface area (Å²) in [4.78, 5) is 10.9. The van der Waals surface area contributed by atoms with Crippen LogP contribution in [0.15, 0.2) is 18.2 Å². The average molecular weight is 245 g/mol. The van der Waals surface area contributed by atoms with Gasteiger partial charge in [0.25, 0.3) is 0 Å². The molecule has 0 atom stereocenters. The Morgan fingerprint density at radius 2 is 2.28 bits per heavy atom. The number of carbonyl (C=O) groups is 1. The van der Waals surface area contributed by atoms with Crippen molar-refractivity contribution in [1.82, 2.24) is 15.0 Å². The monoisotopic (exact) mass is 245 g/mol. The standard InChI is InChI=1S/C13H15N3O2/c1-2-13(5-6-13)8-16-11-4-3-9(12(17)18)7-10(11)14-15-16/h3-4,7H,2,5-6,8H2,1H3,(H,17,18). The Hall–Kier alpha value is -1.91. The van der Waals surface area contributed by atoms with Crippen molar-refractivity contribution in [2.45, 2.75) is 32.7 Å². The van der Waals surface area contributed by atoms with E-state index in [2.05, 4.69) is 17.2 Å². The van der Waals surface area contributed by atoms with Crippen molar-refractivity contribution in [2.75, 3.05) is 0 Å². The fraction of sp³-hybridized carbons (Fsp3) is 0.462. The second kappa shape index (κ2) is 3.80. The van der Waals surface area contributed by atoms with Crippen LogP contribution in [-0.4, -0.2) is 26.1 Å². The van der Waals surface area contributed by atoms with Crippen LogP contribution >= 0.6 is 0 Å². The van der Waals surface area contributed by atoms with Crippen LogP contribution in [0, 0.1) is 5.41 Å². The van der Waals surface area contributed by atoms with Gasteiger partial charge < -0.3 is 5.11 Å².